The highest BCUT2D eigenvalue weighted by Gasteiger charge is 2.50. The van der Waals surface area contributed by atoms with E-state index in [0.29, 0.717) is 12.2 Å². The molecule has 27 heavy (non-hydrogen) atoms. The molecule has 0 aromatic heterocycles. The van der Waals surface area contributed by atoms with Gasteiger partial charge in [0.1, 0.15) is 42.7 Å². The molecule has 2 fully saturated rings. The highest BCUT2D eigenvalue weighted by molar-refractivity contribution is 7.80. The Morgan fingerprint density at radius 1 is 0.778 bits per heavy atom. The zero-order valence-corrected chi connectivity index (χ0v) is 16.3. The summed E-state index contributed by atoms with van der Waals surface area (Å²) in [5, 5.41) is 60.1. The topological polar surface area (TPSA) is 158 Å². The lowest BCUT2D eigenvalue weighted by atomic mass is 9.97. The highest BCUT2D eigenvalue weighted by Crippen LogP contribution is 2.29. The van der Waals surface area contributed by atoms with Gasteiger partial charge < -0.3 is 49.6 Å². The van der Waals surface area contributed by atoms with Gasteiger partial charge in [-0.25, -0.2) is 0 Å². The standard InChI is InChI=1S/C15H28O10S2/c16-4-6-13(10(19)12(21)14(23-6)22-2-1-3-26)25-15-11(20)9(18)8(17)7(5-27)24-15/h6-21,26-27H,1-5H2/t6?,7?,8-,9-,10+,11?,12?,13+,14+,15-/m0/s1. The van der Waals surface area contributed by atoms with Gasteiger partial charge in [0.05, 0.1) is 19.3 Å². The summed E-state index contributed by atoms with van der Waals surface area (Å²) in [7, 11) is 0. The van der Waals surface area contributed by atoms with E-state index in [1.807, 2.05) is 0 Å². The second-order valence-corrected chi connectivity index (χ2v) is 7.26. The third-order valence-electron chi connectivity index (χ3n) is 4.54. The van der Waals surface area contributed by atoms with Gasteiger partial charge in [-0.1, -0.05) is 0 Å². The van der Waals surface area contributed by atoms with Crippen LogP contribution in [0.15, 0.2) is 0 Å². The first-order valence-corrected chi connectivity index (χ1v) is 9.93. The summed E-state index contributed by atoms with van der Waals surface area (Å²) in [5.41, 5.74) is 0. The van der Waals surface area contributed by atoms with Crippen LogP contribution in [0.1, 0.15) is 6.42 Å². The van der Waals surface area contributed by atoms with Crippen LogP contribution < -0.4 is 0 Å². The van der Waals surface area contributed by atoms with Gasteiger partial charge in [-0.05, 0) is 12.2 Å². The SMILES string of the molecule is OCC1O[C@@H](OCCCS)C(O)[C@@H](O)[C@@H]1O[C@@H]1OC(CS)[C@H](O)[C@H](O)C1O. The number of ether oxygens (including phenoxy) is 4. The third-order valence-corrected chi connectivity index (χ3v) is 5.22. The average Bonchev–Trinajstić information content (AvgIpc) is 2.67. The van der Waals surface area contributed by atoms with E-state index in [-0.39, 0.29) is 12.4 Å². The minimum atomic E-state index is -1.62. The second kappa shape index (κ2) is 10.9. The molecule has 0 aromatic carbocycles. The van der Waals surface area contributed by atoms with Gasteiger partial charge in [-0.15, -0.1) is 0 Å². The van der Waals surface area contributed by atoms with Gasteiger partial charge in [0, 0.05) is 5.75 Å². The smallest absolute Gasteiger partial charge is 0.187 e. The first kappa shape index (κ1) is 23.6. The van der Waals surface area contributed by atoms with Crippen molar-refractivity contribution in [3.63, 3.8) is 0 Å². The summed E-state index contributed by atoms with van der Waals surface area (Å²) in [6, 6.07) is 0. The van der Waals surface area contributed by atoms with Crippen LogP contribution in [0.5, 0.6) is 0 Å². The van der Waals surface area contributed by atoms with Crippen LogP contribution >= 0.6 is 25.3 Å². The lowest BCUT2D eigenvalue weighted by Gasteiger charge is -2.46. The van der Waals surface area contributed by atoms with E-state index < -0.39 is 68.0 Å². The molecule has 0 saturated carbocycles. The monoisotopic (exact) mass is 432 g/mol. The molecular weight excluding hydrogens is 404 g/mol. The molecule has 10 atom stereocenters. The first-order valence-electron chi connectivity index (χ1n) is 8.66. The molecule has 2 saturated heterocycles. The average molecular weight is 433 g/mol. The lowest BCUT2D eigenvalue weighted by Crippen LogP contribution is -2.64. The number of thiol groups is 2. The second-order valence-electron chi connectivity index (χ2n) is 6.45. The summed E-state index contributed by atoms with van der Waals surface area (Å²) in [5.74, 6) is 0.611. The van der Waals surface area contributed by atoms with Gasteiger partial charge in [0.15, 0.2) is 12.6 Å². The molecule has 0 radical (unpaired) electrons. The van der Waals surface area contributed by atoms with Gasteiger partial charge in [-0.2, -0.15) is 25.3 Å². The molecule has 160 valence electrons. The molecule has 2 heterocycles. The summed E-state index contributed by atoms with van der Waals surface area (Å²) in [6.07, 6.45) is -12.8. The summed E-state index contributed by atoms with van der Waals surface area (Å²) in [6.45, 7) is -0.329. The molecule has 0 aromatic rings. The quantitative estimate of drug-likeness (QED) is 0.146. The Morgan fingerprint density at radius 2 is 1.41 bits per heavy atom. The van der Waals surface area contributed by atoms with Crippen molar-refractivity contribution in [1.82, 2.24) is 0 Å². The van der Waals surface area contributed by atoms with E-state index in [4.69, 9.17) is 18.9 Å². The van der Waals surface area contributed by atoms with E-state index in [2.05, 4.69) is 25.3 Å². The fourth-order valence-electron chi connectivity index (χ4n) is 2.96. The minimum Gasteiger partial charge on any atom is -0.394 e. The summed E-state index contributed by atoms with van der Waals surface area (Å²) < 4.78 is 21.7. The molecule has 2 aliphatic rings. The van der Waals surface area contributed by atoms with Crippen LogP contribution in [0.2, 0.25) is 0 Å². The molecule has 2 rings (SSSR count). The maximum absolute atomic E-state index is 10.4. The Balaban J connectivity index is 2.06. The van der Waals surface area contributed by atoms with E-state index in [1.165, 1.54) is 0 Å². The Hall–Kier alpha value is 0.300. The van der Waals surface area contributed by atoms with Crippen molar-refractivity contribution in [3.8, 4) is 0 Å². The maximum atomic E-state index is 10.4. The number of aliphatic hydroxyl groups excluding tert-OH is 6. The normalized spacial score (nSPS) is 45.8. The minimum absolute atomic E-state index is 0.0433. The van der Waals surface area contributed by atoms with Crippen molar-refractivity contribution in [2.75, 3.05) is 24.7 Å². The third kappa shape index (κ3) is 5.47. The Morgan fingerprint density at radius 3 is 2.00 bits per heavy atom. The van der Waals surface area contributed by atoms with Crippen LogP contribution in [0.3, 0.4) is 0 Å². The Kier molecular flexibility index (Phi) is 9.52. The summed E-state index contributed by atoms with van der Waals surface area (Å²) in [4.78, 5) is 0. The van der Waals surface area contributed by atoms with Crippen LogP contribution in [0, 0.1) is 0 Å². The molecule has 12 heteroatoms. The van der Waals surface area contributed by atoms with Gasteiger partial charge >= 0.3 is 0 Å². The van der Waals surface area contributed by atoms with Crippen molar-refractivity contribution < 1.29 is 49.6 Å². The largest absolute Gasteiger partial charge is 0.394 e. The fourth-order valence-corrected chi connectivity index (χ4v) is 3.39. The van der Waals surface area contributed by atoms with E-state index in [1.54, 1.807) is 0 Å². The highest BCUT2D eigenvalue weighted by atomic mass is 32.1. The number of rotatable bonds is 8. The lowest BCUT2D eigenvalue weighted by molar-refractivity contribution is -0.356. The summed E-state index contributed by atoms with van der Waals surface area (Å²) >= 11 is 8.06. The van der Waals surface area contributed by atoms with Crippen LogP contribution in [0.25, 0.3) is 0 Å². The number of hydrogen-bond acceptors (Lipinski definition) is 12. The molecule has 0 spiro atoms. The Bertz CT molecular complexity index is 443. The van der Waals surface area contributed by atoms with E-state index in [0.717, 1.165) is 0 Å². The van der Waals surface area contributed by atoms with Crippen LogP contribution in [-0.4, -0.2) is 117 Å². The van der Waals surface area contributed by atoms with E-state index >= 15 is 0 Å². The van der Waals surface area contributed by atoms with Crippen molar-refractivity contribution in [2.24, 2.45) is 0 Å². The molecule has 4 unspecified atom stereocenters. The molecule has 6 N–H and O–H groups in total. The predicted molar refractivity (Wildman–Crippen MR) is 97.6 cm³/mol. The van der Waals surface area contributed by atoms with E-state index in [9.17, 15) is 30.6 Å². The molecule has 0 bridgehead atoms. The van der Waals surface area contributed by atoms with Crippen molar-refractivity contribution in [2.45, 2.75) is 67.8 Å². The van der Waals surface area contributed by atoms with Crippen LogP contribution in [0.4, 0.5) is 0 Å². The van der Waals surface area contributed by atoms with Gasteiger partial charge in [-0.3, -0.25) is 0 Å². The van der Waals surface area contributed by atoms with Crippen molar-refractivity contribution in [1.29, 1.82) is 0 Å². The number of aliphatic hydroxyl groups is 6. The zero-order valence-electron chi connectivity index (χ0n) is 14.5. The molecule has 10 nitrogen and oxygen atoms in total. The van der Waals surface area contributed by atoms with Gasteiger partial charge in [0.2, 0.25) is 0 Å². The number of hydrogen-bond donors (Lipinski definition) is 8. The first-order chi connectivity index (χ1) is 12.8. The maximum Gasteiger partial charge on any atom is 0.187 e. The Labute approximate surface area is 167 Å². The predicted octanol–water partition coefficient (Wildman–Crippen LogP) is -3.12. The van der Waals surface area contributed by atoms with Crippen LogP contribution in [-0.2, 0) is 18.9 Å². The van der Waals surface area contributed by atoms with Crippen molar-refractivity contribution >= 4 is 25.3 Å². The zero-order chi connectivity index (χ0) is 20.1. The van der Waals surface area contributed by atoms with Crippen molar-refractivity contribution in [3.05, 3.63) is 0 Å². The molecule has 0 amide bonds. The van der Waals surface area contributed by atoms with Gasteiger partial charge in [0.25, 0.3) is 0 Å². The fraction of sp³-hybridized carbons (Fsp3) is 1.00. The molecule has 2 aliphatic heterocycles. The molecule has 0 aliphatic carbocycles. The molecular formula is C15H28O10S2.